The summed E-state index contributed by atoms with van der Waals surface area (Å²) in [5.41, 5.74) is 1.62. The van der Waals surface area contributed by atoms with E-state index in [9.17, 15) is 14.4 Å². The van der Waals surface area contributed by atoms with Gasteiger partial charge in [0.05, 0.1) is 19.2 Å². The molecular weight excluding hydrogens is 346 g/mol. The Kier molecular flexibility index (Phi) is 5.30. The van der Waals surface area contributed by atoms with Gasteiger partial charge in [-0.15, -0.1) is 0 Å². The molecule has 1 aromatic heterocycles. The van der Waals surface area contributed by atoms with Crippen LogP contribution in [0.4, 0.5) is 0 Å². The van der Waals surface area contributed by atoms with Crippen molar-refractivity contribution in [2.45, 2.75) is 32.4 Å². The molecule has 1 saturated carbocycles. The molecule has 0 spiro atoms. The number of hydrogen-bond acceptors (Lipinski definition) is 4. The lowest BCUT2D eigenvalue weighted by atomic mass is 10.1. The number of carbonyl (C=O) groups is 2. The predicted octanol–water partition coefficient (Wildman–Crippen LogP) is 1.47. The summed E-state index contributed by atoms with van der Waals surface area (Å²) in [4.78, 5) is 37.3. The minimum absolute atomic E-state index is 0.0498. The lowest BCUT2D eigenvalue weighted by Gasteiger charge is -2.13. The first kappa shape index (κ1) is 18.7. The molecule has 1 aliphatic rings. The Balaban J connectivity index is 1.99. The van der Waals surface area contributed by atoms with E-state index in [-0.39, 0.29) is 24.1 Å². The first-order valence-electron chi connectivity index (χ1n) is 8.84. The Morgan fingerprint density at radius 1 is 1.22 bits per heavy atom. The fourth-order valence-electron chi connectivity index (χ4n) is 2.91. The standard InChI is InChI=1S/C20H23N3O4/c1-12-8-13(4-7-17(12)27-3)10-23-11-14(18(24)22-15-5-6-15)9-16(20(23)26)19(25)21-2/h4,7-9,11,15H,5-6,10H2,1-3H3,(H,21,25)(H,22,24). The fraction of sp³-hybridized carbons (Fsp3) is 0.350. The first-order chi connectivity index (χ1) is 12.9. The number of carbonyl (C=O) groups excluding carboxylic acids is 2. The molecule has 7 heteroatoms. The van der Waals surface area contributed by atoms with Gasteiger partial charge < -0.3 is 19.9 Å². The van der Waals surface area contributed by atoms with Gasteiger partial charge in [-0.05, 0) is 43.0 Å². The van der Waals surface area contributed by atoms with Crippen molar-refractivity contribution in [3.63, 3.8) is 0 Å². The molecule has 3 rings (SSSR count). The molecule has 1 fully saturated rings. The van der Waals surface area contributed by atoms with Crippen LogP contribution in [0.25, 0.3) is 0 Å². The largest absolute Gasteiger partial charge is 0.496 e. The average Bonchev–Trinajstić information content (AvgIpc) is 3.46. The molecule has 2 N–H and O–H groups in total. The van der Waals surface area contributed by atoms with E-state index in [1.54, 1.807) is 7.11 Å². The summed E-state index contributed by atoms with van der Waals surface area (Å²) in [6.07, 6.45) is 3.42. The first-order valence-corrected chi connectivity index (χ1v) is 8.84. The normalized spacial score (nSPS) is 13.1. The summed E-state index contributed by atoms with van der Waals surface area (Å²) in [5, 5.41) is 5.34. The number of rotatable bonds is 6. The number of aromatic nitrogens is 1. The Labute approximate surface area is 157 Å². The lowest BCUT2D eigenvalue weighted by molar-refractivity contribution is 0.0950. The molecule has 0 saturated heterocycles. The van der Waals surface area contributed by atoms with Crippen LogP contribution in [-0.2, 0) is 6.54 Å². The van der Waals surface area contributed by atoms with Gasteiger partial charge in [-0.25, -0.2) is 0 Å². The molecule has 1 aromatic carbocycles. The summed E-state index contributed by atoms with van der Waals surface area (Å²) >= 11 is 0. The van der Waals surface area contributed by atoms with Crippen LogP contribution in [0.3, 0.4) is 0 Å². The zero-order valence-corrected chi connectivity index (χ0v) is 15.7. The van der Waals surface area contributed by atoms with E-state index in [1.165, 1.54) is 23.9 Å². The average molecular weight is 369 g/mol. The maximum atomic E-state index is 12.7. The monoisotopic (exact) mass is 369 g/mol. The Hall–Kier alpha value is -3.09. The van der Waals surface area contributed by atoms with Gasteiger partial charge in [0.2, 0.25) is 0 Å². The second-order valence-corrected chi connectivity index (χ2v) is 6.71. The van der Waals surface area contributed by atoms with Crippen molar-refractivity contribution in [3.8, 4) is 5.75 Å². The molecule has 0 atom stereocenters. The van der Waals surface area contributed by atoms with Crippen LogP contribution in [0.2, 0.25) is 0 Å². The maximum absolute atomic E-state index is 12.7. The molecule has 1 heterocycles. The van der Waals surface area contributed by atoms with Gasteiger partial charge in [-0.3, -0.25) is 14.4 Å². The summed E-state index contributed by atoms with van der Waals surface area (Å²) in [6.45, 7) is 2.17. The smallest absolute Gasteiger partial charge is 0.263 e. The minimum atomic E-state index is -0.513. The molecule has 1 aliphatic carbocycles. The van der Waals surface area contributed by atoms with E-state index < -0.39 is 11.5 Å². The third kappa shape index (κ3) is 4.19. The highest BCUT2D eigenvalue weighted by atomic mass is 16.5. The number of pyridine rings is 1. The summed E-state index contributed by atoms with van der Waals surface area (Å²) < 4.78 is 6.65. The second kappa shape index (κ2) is 7.65. The highest BCUT2D eigenvalue weighted by Gasteiger charge is 2.25. The van der Waals surface area contributed by atoms with Crippen molar-refractivity contribution in [2.75, 3.05) is 14.2 Å². The minimum Gasteiger partial charge on any atom is -0.496 e. The number of aryl methyl sites for hydroxylation is 1. The SMILES string of the molecule is CNC(=O)c1cc(C(=O)NC2CC2)cn(Cc2ccc(OC)c(C)c2)c1=O. The van der Waals surface area contributed by atoms with Crippen LogP contribution < -0.4 is 20.9 Å². The zero-order valence-electron chi connectivity index (χ0n) is 15.7. The fourth-order valence-corrected chi connectivity index (χ4v) is 2.91. The van der Waals surface area contributed by atoms with Gasteiger partial charge in [0.1, 0.15) is 11.3 Å². The number of benzene rings is 1. The van der Waals surface area contributed by atoms with Crippen LogP contribution in [0.5, 0.6) is 5.75 Å². The summed E-state index contributed by atoms with van der Waals surface area (Å²) in [5.74, 6) is -0.0299. The van der Waals surface area contributed by atoms with E-state index in [2.05, 4.69) is 10.6 Å². The Bertz CT molecular complexity index is 945. The quantitative estimate of drug-likeness (QED) is 0.807. The van der Waals surface area contributed by atoms with Crippen LogP contribution in [0.1, 0.15) is 44.7 Å². The molecule has 0 radical (unpaired) electrons. The molecule has 142 valence electrons. The number of nitrogens with one attached hydrogen (secondary N) is 2. The predicted molar refractivity (Wildman–Crippen MR) is 101 cm³/mol. The van der Waals surface area contributed by atoms with E-state index in [1.807, 2.05) is 25.1 Å². The van der Waals surface area contributed by atoms with Crippen LogP contribution in [-0.4, -0.2) is 36.6 Å². The number of methoxy groups -OCH3 is 1. The molecule has 0 bridgehead atoms. The Morgan fingerprint density at radius 3 is 2.56 bits per heavy atom. The van der Waals surface area contributed by atoms with Crippen molar-refractivity contribution in [3.05, 3.63) is 63.1 Å². The van der Waals surface area contributed by atoms with Crippen LogP contribution >= 0.6 is 0 Å². The topological polar surface area (TPSA) is 89.4 Å². The molecule has 0 aliphatic heterocycles. The van der Waals surface area contributed by atoms with E-state index in [0.29, 0.717) is 5.56 Å². The van der Waals surface area contributed by atoms with E-state index >= 15 is 0 Å². The molecular formula is C20H23N3O4. The number of hydrogen-bond donors (Lipinski definition) is 2. The number of ether oxygens (including phenoxy) is 1. The number of nitrogens with zero attached hydrogens (tertiary/aromatic N) is 1. The lowest BCUT2D eigenvalue weighted by Crippen LogP contribution is -2.34. The van der Waals surface area contributed by atoms with E-state index in [4.69, 9.17) is 4.74 Å². The van der Waals surface area contributed by atoms with Crippen molar-refractivity contribution in [2.24, 2.45) is 0 Å². The molecule has 2 amide bonds. The Morgan fingerprint density at radius 2 is 1.96 bits per heavy atom. The van der Waals surface area contributed by atoms with Crippen molar-refractivity contribution < 1.29 is 14.3 Å². The van der Waals surface area contributed by atoms with Crippen molar-refractivity contribution >= 4 is 11.8 Å². The second-order valence-electron chi connectivity index (χ2n) is 6.71. The maximum Gasteiger partial charge on any atom is 0.263 e. The molecule has 27 heavy (non-hydrogen) atoms. The third-order valence-electron chi connectivity index (χ3n) is 4.54. The van der Waals surface area contributed by atoms with E-state index in [0.717, 1.165) is 29.7 Å². The third-order valence-corrected chi connectivity index (χ3v) is 4.54. The highest BCUT2D eigenvalue weighted by molar-refractivity contribution is 5.99. The van der Waals surface area contributed by atoms with Gasteiger partial charge in [0.15, 0.2) is 0 Å². The summed E-state index contributed by atoms with van der Waals surface area (Å²) in [7, 11) is 3.06. The highest BCUT2D eigenvalue weighted by Crippen LogP contribution is 2.20. The number of amides is 2. The van der Waals surface area contributed by atoms with Gasteiger partial charge in [-0.1, -0.05) is 12.1 Å². The molecule has 2 aromatic rings. The van der Waals surface area contributed by atoms with Gasteiger partial charge in [0, 0.05) is 19.3 Å². The van der Waals surface area contributed by atoms with Crippen LogP contribution in [0, 0.1) is 6.92 Å². The molecule has 0 unspecified atom stereocenters. The van der Waals surface area contributed by atoms with Crippen molar-refractivity contribution in [1.29, 1.82) is 0 Å². The molecule has 7 nitrogen and oxygen atoms in total. The summed E-state index contributed by atoms with van der Waals surface area (Å²) in [6, 6.07) is 7.15. The zero-order chi connectivity index (χ0) is 19.6. The van der Waals surface area contributed by atoms with Gasteiger partial charge >= 0.3 is 0 Å². The van der Waals surface area contributed by atoms with Gasteiger partial charge in [0.25, 0.3) is 17.4 Å². The van der Waals surface area contributed by atoms with Gasteiger partial charge in [-0.2, -0.15) is 0 Å². The van der Waals surface area contributed by atoms with Crippen molar-refractivity contribution in [1.82, 2.24) is 15.2 Å². The van der Waals surface area contributed by atoms with Crippen LogP contribution in [0.15, 0.2) is 35.3 Å².